The van der Waals surface area contributed by atoms with E-state index in [0.717, 1.165) is 16.7 Å². The van der Waals surface area contributed by atoms with Gasteiger partial charge in [-0.3, -0.25) is 0 Å². The van der Waals surface area contributed by atoms with Gasteiger partial charge in [-0.1, -0.05) is 18.2 Å². The van der Waals surface area contributed by atoms with Crippen molar-refractivity contribution in [2.24, 2.45) is 0 Å². The molecule has 1 aromatic heterocycles. The number of aromatic nitrogens is 1. The van der Waals surface area contributed by atoms with Crippen molar-refractivity contribution in [2.45, 2.75) is 6.92 Å². The Morgan fingerprint density at radius 2 is 1.94 bits per heavy atom. The second kappa shape index (κ2) is 3.77. The Labute approximate surface area is 104 Å². The van der Waals surface area contributed by atoms with Crippen LogP contribution in [0.15, 0.2) is 40.8 Å². The second-order valence-electron chi connectivity index (χ2n) is 4.19. The van der Waals surface area contributed by atoms with Gasteiger partial charge in [-0.05, 0) is 30.7 Å². The summed E-state index contributed by atoms with van der Waals surface area (Å²) in [7, 11) is 0. The van der Waals surface area contributed by atoms with E-state index < -0.39 is 0 Å². The van der Waals surface area contributed by atoms with Crippen molar-refractivity contribution < 1.29 is 9.52 Å². The lowest BCUT2D eigenvalue weighted by molar-refractivity contribution is 0.476. The number of oxazole rings is 1. The van der Waals surface area contributed by atoms with Crippen LogP contribution >= 0.6 is 0 Å². The minimum atomic E-state index is 0.00158. The van der Waals surface area contributed by atoms with Crippen LogP contribution in [0.1, 0.15) is 5.56 Å². The van der Waals surface area contributed by atoms with Crippen molar-refractivity contribution in [3.8, 4) is 17.2 Å². The van der Waals surface area contributed by atoms with Gasteiger partial charge >= 0.3 is 0 Å². The van der Waals surface area contributed by atoms with Gasteiger partial charge in [0.1, 0.15) is 5.52 Å². The molecule has 0 radical (unpaired) electrons. The van der Waals surface area contributed by atoms with Gasteiger partial charge in [-0.2, -0.15) is 0 Å². The zero-order valence-electron chi connectivity index (χ0n) is 9.84. The lowest BCUT2D eigenvalue weighted by Crippen LogP contribution is -1.87. The van der Waals surface area contributed by atoms with Crippen molar-refractivity contribution in [3.63, 3.8) is 0 Å². The molecule has 0 unspecified atom stereocenters. The third kappa shape index (κ3) is 1.50. The average Bonchev–Trinajstić information content (AvgIpc) is 2.78. The first-order chi connectivity index (χ1) is 8.66. The van der Waals surface area contributed by atoms with Gasteiger partial charge in [0.25, 0.3) is 0 Å². The van der Waals surface area contributed by atoms with E-state index in [1.807, 2.05) is 25.1 Å². The van der Waals surface area contributed by atoms with E-state index in [1.54, 1.807) is 18.2 Å². The fourth-order valence-corrected chi connectivity index (χ4v) is 1.94. The quantitative estimate of drug-likeness (QED) is 0.506. The number of phenolic OH excluding ortho intramolecular Hbond substituents is 1. The fraction of sp³-hybridized carbons (Fsp3) is 0.0714. The van der Waals surface area contributed by atoms with E-state index in [1.165, 1.54) is 0 Å². The lowest BCUT2D eigenvalue weighted by atomic mass is 10.2. The molecule has 4 nitrogen and oxygen atoms in total. The van der Waals surface area contributed by atoms with E-state index in [9.17, 15) is 5.11 Å². The van der Waals surface area contributed by atoms with Gasteiger partial charge in [0.2, 0.25) is 5.89 Å². The number of nitrogen functional groups attached to an aromatic ring is 1. The maximum absolute atomic E-state index is 9.92. The molecule has 0 aliphatic rings. The number of anilines is 1. The van der Waals surface area contributed by atoms with Crippen LogP contribution < -0.4 is 5.73 Å². The summed E-state index contributed by atoms with van der Waals surface area (Å²) < 4.78 is 5.69. The molecule has 0 aliphatic heterocycles. The zero-order chi connectivity index (χ0) is 12.7. The first kappa shape index (κ1) is 10.7. The van der Waals surface area contributed by atoms with Crippen LogP contribution in [-0.2, 0) is 0 Å². The molecule has 3 N–H and O–H groups in total. The Morgan fingerprint density at radius 3 is 2.72 bits per heavy atom. The predicted octanol–water partition coefficient (Wildman–Crippen LogP) is 3.09. The number of para-hydroxylation sites is 2. The number of rotatable bonds is 1. The first-order valence-electron chi connectivity index (χ1n) is 5.61. The summed E-state index contributed by atoms with van der Waals surface area (Å²) in [6.45, 7) is 1.95. The van der Waals surface area contributed by atoms with Gasteiger partial charge in [-0.15, -0.1) is 0 Å². The first-order valence-corrected chi connectivity index (χ1v) is 5.61. The van der Waals surface area contributed by atoms with Crippen molar-refractivity contribution in [2.75, 3.05) is 5.73 Å². The summed E-state index contributed by atoms with van der Waals surface area (Å²) in [5.74, 6) is 0.380. The topological polar surface area (TPSA) is 72.3 Å². The molecule has 0 atom stereocenters. The molecule has 0 spiro atoms. The van der Waals surface area contributed by atoms with Gasteiger partial charge < -0.3 is 15.3 Å². The van der Waals surface area contributed by atoms with Crippen molar-refractivity contribution in [1.82, 2.24) is 4.98 Å². The fourth-order valence-electron chi connectivity index (χ4n) is 1.94. The Kier molecular flexibility index (Phi) is 2.23. The smallest absolute Gasteiger partial charge is 0.231 e. The predicted molar refractivity (Wildman–Crippen MR) is 70.3 cm³/mol. The molecule has 0 aliphatic carbocycles. The number of hydrogen-bond acceptors (Lipinski definition) is 4. The van der Waals surface area contributed by atoms with Crippen molar-refractivity contribution in [1.29, 1.82) is 0 Å². The molecule has 1 heterocycles. The molecule has 3 rings (SSSR count). The number of nitrogens with zero attached hydrogens (tertiary/aromatic N) is 1. The Hall–Kier alpha value is -2.49. The molecule has 4 heteroatoms. The molecular weight excluding hydrogens is 228 g/mol. The Morgan fingerprint density at radius 1 is 1.17 bits per heavy atom. The molecule has 0 bridgehead atoms. The Bertz CT molecular complexity index is 732. The molecule has 3 aromatic rings. The van der Waals surface area contributed by atoms with E-state index in [0.29, 0.717) is 17.1 Å². The monoisotopic (exact) mass is 240 g/mol. The highest BCUT2D eigenvalue weighted by atomic mass is 16.3. The number of fused-ring (bicyclic) bond motifs is 1. The highest BCUT2D eigenvalue weighted by Gasteiger charge is 2.14. The van der Waals surface area contributed by atoms with E-state index in [-0.39, 0.29) is 5.75 Å². The number of nitrogens with two attached hydrogens (primary N) is 1. The summed E-state index contributed by atoms with van der Waals surface area (Å²) in [6, 6.07) is 10.9. The number of aromatic hydroxyl groups is 1. The van der Waals surface area contributed by atoms with E-state index >= 15 is 0 Å². The van der Waals surface area contributed by atoms with E-state index in [4.69, 9.17) is 10.2 Å². The summed E-state index contributed by atoms with van der Waals surface area (Å²) >= 11 is 0. The number of hydrogen-bond donors (Lipinski definition) is 2. The minimum absolute atomic E-state index is 0.00158. The van der Waals surface area contributed by atoms with Crippen LogP contribution in [0.25, 0.3) is 22.6 Å². The number of benzene rings is 2. The molecule has 90 valence electrons. The highest BCUT2D eigenvalue weighted by molar-refractivity contribution is 5.81. The molecule has 18 heavy (non-hydrogen) atoms. The maximum Gasteiger partial charge on any atom is 0.231 e. The SMILES string of the molecule is Cc1cccc2nc(-c3cccc(N)c3O)oc12. The molecule has 2 aromatic carbocycles. The minimum Gasteiger partial charge on any atom is -0.505 e. The van der Waals surface area contributed by atoms with Crippen LogP contribution in [0.4, 0.5) is 5.69 Å². The number of phenols is 1. The summed E-state index contributed by atoms with van der Waals surface area (Å²) in [5.41, 5.74) is 8.99. The maximum atomic E-state index is 9.92. The van der Waals surface area contributed by atoms with Gasteiger partial charge in [0, 0.05) is 0 Å². The van der Waals surface area contributed by atoms with Crippen LogP contribution in [0, 0.1) is 6.92 Å². The lowest BCUT2D eigenvalue weighted by Gasteiger charge is -2.02. The van der Waals surface area contributed by atoms with Crippen LogP contribution in [0.2, 0.25) is 0 Å². The molecule has 0 fully saturated rings. The molecule has 0 saturated heterocycles. The zero-order valence-corrected chi connectivity index (χ0v) is 9.84. The van der Waals surface area contributed by atoms with Gasteiger partial charge in [-0.25, -0.2) is 4.98 Å². The van der Waals surface area contributed by atoms with Crippen LogP contribution in [0.5, 0.6) is 5.75 Å². The summed E-state index contributed by atoms with van der Waals surface area (Å²) in [6.07, 6.45) is 0. The van der Waals surface area contributed by atoms with Gasteiger partial charge in [0.15, 0.2) is 11.3 Å². The third-order valence-electron chi connectivity index (χ3n) is 2.91. The molecular formula is C14H12N2O2. The largest absolute Gasteiger partial charge is 0.505 e. The van der Waals surface area contributed by atoms with Crippen LogP contribution in [0.3, 0.4) is 0 Å². The molecule has 0 saturated carbocycles. The average molecular weight is 240 g/mol. The second-order valence-corrected chi connectivity index (χ2v) is 4.19. The standard InChI is InChI=1S/C14H12N2O2/c1-8-4-2-7-11-13(8)18-14(16-11)9-5-3-6-10(15)12(9)17/h2-7,17H,15H2,1H3. The number of aryl methyl sites for hydroxylation is 1. The van der Waals surface area contributed by atoms with Crippen molar-refractivity contribution >= 4 is 16.8 Å². The van der Waals surface area contributed by atoms with Crippen molar-refractivity contribution in [3.05, 3.63) is 42.0 Å². The summed E-state index contributed by atoms with van der Waals surface area (Å²) in [5, 5.41) is 9.92. The summed E-state index contributed by atoms with van der Waals surface area (Å²) in [4.78, 5) is 4.36. The Balaban J connectivity index is 2.26. The normalized spacial score (nSPS) is 10.9. The molecule has 0 amide bonds. The van der Waals surface area contributed by atoms with E-state index in [2.05, 4.69) is 4.98 Å². The van der Waals surface area contributed by atoms with Gasteiger partial charge in [0.05, 0.1) is 11.3 Å². The third-order valence-corrected chi connectivity index (χ3v) is 2.91. The van der Waals surface area contributed by atoms with Crippen LogP contribution in [-0.4, -0.2) is 10.1 Å². The highest BCUT2D eigenvalue weighted by Crippen LogP contribution is 2.35.